The first kappa shape index (κ1) is 22.3. The lowest BCUT2D eigenvalue weighted by Gasteiger charge is -2.24. The minimum Gasteiger partial charge on any atom is -0.496 e. The summed E-state index contributed by atoms with van der Waals surface area (Å²) in [6.45, 7) is 2.15. The van der Waals surface area contributed by atoms with Gasteiger partial charge in [-0.3, -0.25) is 14.5 Å². The fraction of sp³-hybridized carbons (Fsp3) is 0.467. The second kappa shape index (κ2) is 11.0. The summed E-state index contributed by atoms with van der Waals surface area (Å²) >= 11 is 5.70. The quantitative estimate of drug-likeness (QED) is 0.688. The van der Waals surface area contributed by atoms with Crippen LogP contribution in [0.3, 0.4) is 0 Å². The third-order valence-corrected chi connectivity index (χ3v) is 3.72. The van der Waals surface area contributed by atoms with E-state index in [1.165, 1.54) is 25.7 Å². The number of nitrogen functional groups attached to an aromatic ring is 1. The number of anilines is 1. The maximum atomic E-state index is 10.9. The van der Waals surface area contributed by atoms with Gasteiger partial charge in [-0.1, -0.05) is 18.0 Å². The summed E-state index contributed by atoms with van der Waals surface area (Å²) < 4.78 is 4.90. The molecule has 0 aromatic heterocycles. The summed E-state index contributed by atoms with van der Waals surface area (Å²) in [5.41, 5.74) is 11.2. The summed E-state index contributed by atoms with van der Waals surface area (Å²) in [5, 5.41) is 8.71. The van der Waals surface area contributed by atoms with Crippen LogP contribution in [0.5, 0.6) is 5.75 Å². The number of rotatable bonds is 4. The van der Waals surface area contributed by atoms with Crippen molar-refractivity contribution in [2.24, 2.45) is 5.73 Å². The van der Waals surface area contributed by atoms with Crippen LogP contribution in [0.2, 0.25) is 5.02 Å². The Labute approximate surface area is 152 Å². The van der Waals surface area contributed by atoms with Crippen LogP contribution in [0.25, 0.3) is 0 Å². The number of nitrogens with two attached hydrogens (primary N) is 2. The third-order valence-electron chi connectivity index (χ3n) is 3.39. The second-order valence-corrected chi connectivity index (χ2v) is 5.58. The van der Waals surface area contributed by atoms with E-state index >= 15 is 0 Å². The van der Waals surface area contributed by atoms with E-state index in [2.05, 4.69) is 0 Å². The lowest BCUT2D eigenvalue weighted by molar-refractivity contribution is -0.138. The van der Waals surface area contributed by atoms with Gasteiger partial charge < -0.3 is 21.3 Å². The number of carboxylic acids is 1. The largest absolute Gasteiger partial charge is 0.496 e. The highest BCUT2D eigenvalue weighted by Crippen LogP contribution is 2.28. The number of aliphatic carboxylic acids is 1. The molecule has 0 spiro atoms. The molecule has 1 heterocycles. The molecule has 5 N–H and O–H groups in total. The minimum atomic E-state index is -0.707. The Morgan fingerprint density at radius 2 is 1.88 bits per heavy atom. The molecule has 1 aromatic carbocycles. The van der Waals surface area contributed by atoms with Crippen LogP contribution in [0.1, 0.15) is 29.6 Å². The standard InChI is InChI=1S/C8H9ClN2O2.C7H13NO2.ClH/c1-13-7-3-6(10)5(9)2-4(7)8(11)12;9-7(10)6-8-4-2-1-3-5-8;/h2-3H,10H2,1H3,(H2,11,12);1-6H2,(H,9,10);1H. The topological polar surface area (TPSA) is 119 Å². The number of ether oxygens (including phenoxy) is 1. The smallest absolute Gasteiger partial charge is 0.317 e. The van der Waals surface area contributed by atoms with Crippen LogP contribution in [0.15, 0.2) is 12.1 Å². The van der Waals surface area contributed by atoms with Gasteiger partial charge in [0.1, 0.15) is 5.75 Å². The van der Waals surface area contributed by atoms with Crippen LogP contribution in [-0.2, 0) is 4.79 Å². The first-order valence-corrected chi connectivity index (χ1v) is 7.60. The highest BCUT2D eigenvalue weighted by Gasteiger charge is 2.12. The molecule has 0 atom stereocenters. The number of hydrogen-bond acceptors (Lipinski definition) is 5. The normalized spacial score (nSPS) is 13.9. The molecule has 2 rings (SSSR count). The number of likely N-dealkylation sites (tertiary alicyclic amines) is 1. The molecule has 1 fully saturated rings. The maximum Gasteiger partial charge on any atom is 0.317 e. The second-order valence-electron chi connectivity index (χ2n) is 5.17. The SMILES string of the molecule is COc1cc(N)c(Cl)cc1C(N)=O.Cl.O=C(O)CN1CCCCC1. The predicted octanol–water partition coefficient (Wildman–Crippen LogP) is 2.01. The number of nitrogens with zero attached hydrogens (tertiary/aromatic N) is 1. The Morgan fingerprint density at radius 1 is 1.29 bits per heavy atom. The molecule has 9 heteroatoms. The molecule has 1 amide bonds. The van der Waals surface area contributed by atoms with Crippen molar-refractivity contribution in [1.29, 1.82) is 0 Å². The molecule has 1 aliphatic rings. The Morgan fingerprint density at radius 3 is 2.33 bits per heavy atom. The zero-order valence-electron chi connectivity index (χ0n) is 13.5. The number of carbonyl (C=O) groups excluding carboxylic acids is 1. The minimum absolute atomic E-state index is 0. The van der Waals surface area contributed by atoms with E-state index in [1.807, 2.05) is 4.90 Å². The fourth-order valence-corrected chi connectivity index (χ4v) is 2.40. The molecule has 7 nitrogen and oxygen atoms in total. The highest BCUT2D eigenvalue weighted by molar-refractivity contribution is 6.33. The predicted molar refractivity (Wildman–Crippen MR) is 96.1 cm³/mol. The monoisotopic (exact) mass is 379 g/mol. The van der Waals surface area contributed by atoms with E-state index in [9.17, 15) is 9.59 Å². The van der Waals surface area contributed by atoms with Gasteiger partial charge in [-0.05, 0) is 32.0 Å². The van der Waals surface area contributed by atoms with E-state index in [0.717, 1.165) is 25.9 Å². The molecule has 1 aromatic rings. The van der Waals surface area contributed by atoms with Crippen molar-refractivity contribution in [2.75, 3.05) is 32.5 Å². The molecular weight excluding hydrogens is 357 g/mol. The molecule has 0 aliphatic carbocycles. The molecule has 0 radical (unpaired) electrons. The zero-order valence-corrected chi connectivity index (χ0v) is 15.0. The van der Waals surface area contributed by atoms with E-state index in [4.69, 9.17) is 32.9 Å². The Hall–Kier alpha value is -1.70. The van der Waals surface area contributed by atoms with E-state index in [-0.39, 0.29) is 29.5 Å². The van der Waals surface area contributed by atoms with Crippen molar-refractivity contribution in [3.63, 3.8) is 0 Å². The van der Waals surface area contributed by atoms with Gasteiger partial charge in [0.25, 0.3) is 5.91 Å². The number of hydrogen-bond donors (Lipinski definition) is 3. The molecular formula is C15H23Cl2N3O4. The van der Waals surface area contributed by atoms with Crippen LogP contribution in [-0.4, -0.2) is 48.6 Å². The van der Waals surface area contributed by atoms with E-state index in [1.54, 1.807) is 0 Å². The van der Waals surface area contributed by atoms with Gasteiger partial charge in [0.15, 0.2) is 0 Å². The van der Waals surface area contributed by atoms with Crippen molar-refractivity contribution in [3.8, 4) is 5.75 Å². The summed E-state index contributed by atoms with van der Waals surface area (Å²) in [7, 11) is 1.43. The van der Waals surface area contributed by atoms with Crippen molar-refractivity contribution < 1.29 is 19.4 Å². The number of carbonyl (C=O) groups is 2. The van der Waals surface area contributed by atoms with Crippen LogP contribution in [0.4, 0.5) is 5.69 Å². The summed E-state index contributed by atoms with van der Waals surface area (Å²) in [4.78, 5) is 23.1. The molecule has 0 saturated carbocycles. The molecule has 24 heavy (non-hydrogen) atoms. The fourth-order valence-electron chi connectivity index (χ4n) is 2.24. The van der Waals surface area contributed by atoms with Gasteiger partial charge in [0, 0.05) is 6.07 Å². The lowest BCUT2D eigenvalue weighted by atomic mass is 10.1. The molecule has 0 unspecified atom stereocenters. The number of halogens is 2. The number of piperidine rings is 1. The number of carboxylic acid groups (broad SMARTS) is 1. The number of benzene rings is 1. The van der Waals surface area contributed by atoms with Crippen molar-refractivity contribution >= 4 is 41.6 Å². The molecule has 1 aliphatic heterocycles. The number of amides is 1. The van der Waals surface area contributed by atoms with E-state index < -0.39 is 11.9 Å². The van der Waals surface area contributed by atoms with Gasteiger partial charge in [-0.25, -0.2) is 0 Å². The van der Waals surface area contributed by atoms with Crippen LogP contribution in [0, 0.1) is 0 Å². The van der Waals surface area contributed by atoms with Gasteiger partial charge >= 0.3 is 5.97 Å². The summed E-state index contributed by atoms with van der Waals surface area (Å²) in [5.74, 6) is -0.977. The Bertz CT molecular complexity index is 564. The molecule has 1 saturated heterocycles. The van der Waals surface area contributed by atoms with Gasteiger partial charge in [-0.15, -0.1) is 12.4 Å². The summed E-state index contributed by atoms with van der Waals surface area (Å²) in [6.07, 6.45) is 3.58. The number of primary amides is 1. The average Bonchev–Trinajstić information content (AvgIpc) is 2.50. The molecule has 0 bridgehead atoms. The molecule has 136 valence electrons. The summed E-state index contributed by atoms with van der Waals surface area (Å²) in [6, 6.07) is 2.85. The highest BCUT2D eigenvalue weighted by atomic mass is 35.5. The van der Waals surface area contributed by atoms with Crippen molar-refractivity contribution in [2.45, 2.75) is 19.3 Å². The van der Waals surface area contributed by atoms with Crippen molar-refractivity contribution in [1.82, 2.24) is 4.90 Å². The Kier molecular flexibility index (Phi) is 10.2. The number of methoxy groups -OCH3 is 1. The first-order valence-electron chi connectivity index (χ1n) is 7.22. The van der Waals surface area contributed by atoms with Crippen LogP contribution >= 0.6 is 24.0 Å². The van der Waals surface area contributed by atoms with E-state index in [0.29, 0.717) is 11.4 Å². The van der Waals surface area contributed by atoms with Crippen molar-refractivity contribution in [3.05, 3.63) is 22.7 Å². The zero-order chi connectivity index (χ0) is 17.4. The van der Waals surface area contributed by atoms with Gasteiger partial charge in [0.05, 0.1) is 29.9 Å². The maximum absolute atomic E-state index is 10.9. The van der Waals surface area contributed by atoms with Gasteiger partial charge in [-0.2, -0.15) is 0 Å². The average molecular weight is 380 g/mol. The van der Waals surface area contributed by atoms with Gasteiger partial charge in [0.2, 0.25) is 0 Å². The lowest BCUT2D eigenvalue weighted by Crippen LogP contribution is -2.34. The Balaban J connectivity index is 0.000000436. The third kappa shape index (κ3) is 7.25. The first-order chi connectivity index (χ1) is 10.8. The van der Waals surface area contributed by atoms with Crippen LogP contribution < -0.4 is 16.2 Å².